The third kappa shape index (κ3) is 2.95. The van der Waals surface area contributed by atoms with Crippen molar-refractivity contribution in [2.75, 3.05) is 0 Å². The summed E-state index contributed by atoms with van der Waals surface area (Å²) in [4.78, 5) is 22.9. The van der Waals surface area contributed by atoms with Crippen LogP contribution in [0.5, 0.6) is 0 Å². The van der Waals surface area contributed by atoms with E-state index in [1.54, 1.807) is 24.3 Å². The van der Waals surface area contributed by atoms with Gasteiger partial charge in [0.1, 0.15) is 0 Å². The second-order valence-electron chi connectivity index (χ2n) is 5.98. The van der Waals surface area contributed by atoms with E-state index in [0.29, 0.717) is 10.6 Å². The summed E-state index contributed by atoms with van der Waals surface area (Å²) in [5.41, 5.74) is 0. The minimum atomic E-state index is -4.58. The van der Waals surface area contributed by atoms with Gasteiger partial charge >= 0.3 is 131 Å². The summed E-state index contributed by atoms with van der Waals surface area (Å²) in [5, 5.41) is 0.926. The molecule has 0 radical (unpaired) electrons. The molecule has 0 aliphatic heterocycles. The van der Waals surface area contributed by atoms with Crippen LogP contribution in [-0.4, -0.2) is 15.9 Å². The van der Waals surface area contributed by atoms with Crippen LogP contribution in [0.4, 0.5) is 0 Å². The van der Waals surface area contributed by atoms with Crippen molar-refractivity contribution in [3.05, 3.63) is 60.7 Å². The summed E-state index contributed by atoms with van der Waals surface area (Å²) >= 11 is 0. The first-order valence-corrected chi connectivity index (χ1v) is 9.96. The summed E-state index contributed by atoms with van der Waals surface area (Å²) in [6, 6.07) is 18.0. The number of hydrogen-bond donors (Lipinski definition) is 2. The molecule has 0 atom stereocenters. The van der Waals surface area contributed by atoms with Crippen LogP contribution in [0.25, 0.3) is 0 Å². The molecule has 1 aliphatic rings. The maximum atomic E-state index is 11.4. The van der Waals surface area contributed by atoms with Gasteiger partial charge in [0, 0.05) is 0 Å². The van der Waals surface area contributed by atoms with Gasteiger partial charge in [-0.05, 0) is 0 Å². The van der Waals surface area contributed by atoms with E-state index >= 15 is 0 Å². The van der Waals surface area contributed by atoms with E-state index in [1.807, 2.05) is 36.4 Å². The molecule has 2 aromatic carbocycles. The molecule has 1 saturated carbocycles. The zero-order chi connectivity index (χ0) is 15.5. The van der Waals surface area contributed by atoms with Gasteiger partial charge in [-0.3, -0.25) is 0 Å². The summed E-state index contributed by atoms with van der Waals surface area (Å²) in [6.07, 6.45) is 5.05. The molecule has 4 heteroatoms. The van der Waals surface area contributed by atoms with Crippen LogP contribution in [0.1, 0.15) is 32.1 Å². The van der Waals surface area contributed by atoms with Gasteiger partial charge in [0.15, 0.2) is 0 Å². The molecule has 0 bridgehead atoms. The Morgan fingerprint density at radius 2 is 1.18 bits per heavy atom. The van der Waals surface area contributed by atoms with Crippen LogP contribution in [0.3, 0.4) is 0 Å². The van der Waals surface area contributed by atoms with Crippen molar-refractivity contribution < 1.29 is 14.3 Å². The summed E-state index contributed by atoms with van der Waals surface area (Å²) in [6.45, 7) is 0. The third-order valence-electron chi connectivity index (χ3n) is 4.34. The van der Waals surface area contributed by atoms with Crippen LogP contribution in [0, 0.1) is 0 Å². The number of hydrogen-bond acceptors (Lipinski definition) is 3. The van der Waals surface area contributed by atoms with Gasteiger partial charge in [-0.15, -0.1) is 0 Å². The fourth-order valence-electron chi connectivity index (χ4n) is 3.12. The van der Waals surface area contributed by atoms with E-state index in [-0.39, 0.29) is 6.10 Å². The van der Waals surface area contributed by atoms with E-state index in [0.717, 1.165) is 25.7 Å². The topological polar surface area (TPSA) is 49.7 Å². The van der Waals surface area contributed by atoms with E-state index in [4.69, 9.17) is 4.52 Å². The minimum absolute atomic E-state index is 0.0955. The molecule has 0 aromatic heterocycles. The Hall–Kier alpha value is -1.25. The third-order valence-corrected chi connectivity index (χ3v) is 7.50. The van der Waals surface area contributed by atoms with Gasteiger partial charge in [0.25, 0.3) is 0 Å². The molecule has 2 aromatic rings. The van der Waals surface area contributed by atoms with Gasteiger partial charge in [-0.1, -0.05) is 0 Å². The Morgan fingerprint density at radius 3 is 1.64 bits per heavy atom. The van der Waals surface area contributed by atoms with Crippen molar-refractivity contribution in [3.63, 3.8) is 0 Å². The Bertz CT molecular complexity index is 563. The van der Waals surface area contributed by atoms with Crippen molar-refractivity contribution in [3.8, 4) is 0 Å². The zero-order valence-corrected chi connectivity index (χ0v) is 13.5. The summed E-state index contributed by atoms with van der Waals surface area (Å²) < 4.78 is 6.08. The predicted octanol–water partition coefficient (Wildman–Crippen LogP) is 3.27. The van der Waals surface area contributed by atoms with E-state index in [1.165, 1.54) is 6.42 Å². The fraction of sp³-hybridized carbons (Fsp3) is 0.333. The van der Waals surface area contributed by atoms with Crippen molar-refractivity contribution in [1.82, 2.24) is 0 Å². The zero-order valence-electron chi connectivity index (χ0n) is 12.6. The summed E-state index contributed by atoms with van der Waals surface area (Å²) in [5.74, 6) is 0. The predicted molar refractivity (Wildman–Crippen MR) is 91.5 cm³/mol. The monoisotopic (exact) mass is 318 g/mol. The molecule has 22 heavy (non-hydrogen) atoms. The van der Waals surface area contributed by atoms with Crippen molar-refractivity contribution in [2.45, 2.75) is 38.2 Å². The molecule has 1 aliphatic carbocycles. The SMILES string of the molecule is OP(O)(OC1CCCCC1)(c1ccccc1)c1ccccc1. The molecule has 3 nitrogen and oxygen atoms in total. The molecule has 0 spiro atoms. The summed E-state index contributed by atoms with van der Waals surface area (Å²) in [7, 11) is -4.58. The molecular formula is C18H23O3P. The van der Waals surface area contributed by atoms with Gasteiger partial charge in [0.05, 0.1) is 0 Å². The fourth-order valence-corrected chi connectivity index (χ4v) is 5.85. The standard InChI is InChI=1S/C18H23O3P/c19-22(20,17-12-6-2-7-13-17,18-14-8-3-9-15-18)21-16-10-4-1-5-11-16/h2-3,6-9,12-16,19-20H,1,4-5,10-11H2. The number of rotatable bonds is 4. The second kappa shape index (κ2) is 6.10. The normalized spacial score (nSPS) is 18.5. The Labute approximate surface area is 131 Å². The molecule has 3 rings (SSSR count). The van der Waals surface area contributed by atoms with Crippen LogP contribution in [0.2, 0.25) is 0 Å². The van der Waals surface area contributed by atoms with Crippen molar-refractivity contribution in [2.24, 2.45) is 0 Å². The Kier molecular flexibility index (Phi) is 4.33. The average Bonchev–Trinajstić information content (AvgIpc) is 2.57. The van der Waals surface area contributed by atoms with Crippen LogP contribution in [0.15, 0.2) is 60.7 Å². The Balaban J connectivity index is 2.05. The molecule has 2 N–H and O–H groups in total. The second-order valence-corrected chi connectivity index (χ2v) is 9.12. The number of benzene rings is 2. The molecule has 0 unspecified atom stereocenters. The van der Waals surface area contributed by atoms with Crippen molar-refractivity contribution in [1.29, 1.82) is 0 Å². The van der Waals surface area contributed by atoms with Gasteiger partial charge in [-0.2, -0.15) is 0 Å². The van der Waals surface area contributed by atoms with Crippen LogP contribution < -0.4 is 10.6 Å². The molecule has 1 fully saturated rings. The van der Waals surface area contributed by atoms with Crippen molar-refractivity contribution >= 4 is 17.9 Å². The first-order valence-electron chi connectivity index (χ1n) is 7.90. The molecular weight excluding hydrogens is 295 g/mol. The van der Waals surface area contributed by atoms with Gasteiger partial charge in [-0.25, -0.2) is 0 Å². The molecule has 0 saturated heterocycles. The van der Waals surface area contributed by atoms with Crippen LogP contribution >= 0.6 is 7.28 Å². The van der Waals surface area contributed by atoms with E-state index in [2.05, 4.69) is 0 Å². The van der Waals surface area contributed by atoms with E-state index in [9.17, 15) is 9.79 Å². The van der Waals surface area contributed by atoms with Gasteiger partial charge in [0.2, 0.25) is 0 Å². The van der Waals surface area contributed by atoms with Crippen LogP contribution in [-0.2, 0) is 4.52 Å². The molecule has 118 valence electrons. The van der Waals surface area contributed by atoms with E-state index < -0.39 is 7.28 Å². The maximum absolute atomic E-state index is 11.4. The quantitative estimate of drug-likeness (QED) is 0.851. The first-order chi connectivity index (χ1) is 10.6. The average molecular weight is 318 g/mol. The molecule has 0 heterocycles. The Morgan fingerprint density at radius 1 is 0.727 bits per heavy atom. The first kappa shape index (κ1) is 15.6. The van der Waals surface area contributed by atoms with Gasteiger partial charge < -0.3 is 0 Å². The molecule has 0 amide bonds.